The van der Waals surface area contributed by atoms with E-state index >= 15 is 0 Å². The van der Waals surface area contributed by atoms with Crippen molar-refractivity contribution >= 4 is 22.6 Å². The molecule has 4 rings (SSSR count). The molecule has 2 fully saturated rings. The topological polar surface area (TPSA) is 72.1 Å². The second kappa shape index (κ2) is 3.44. The van der Waals surface area contributed by atoms with Gasteiger partial charge in [-0.25, -0.2) is 9.97 Å². The summed E-state index contributed by atoms with van der Waals surface area (Å²) < 4.78 is 0. The first-order valence-corrected chi connectivity index (χ1v) is 6.46. The fourth-order valence-electron chi connectivity index (χ4n) is 2.79. The van der Waals surface area contributed by atoms with E-state index in [1.807, 2.05) is 17.0 Å². The molecule has 1 amide bonds. The van der Waals surface area contributed by atoms with Crippen LogP contribution in [0.5, 0.6) is 0 Å². The highest BCUT2D eigenvalue weighted by Crippen LogP contribution is 2.53. The van der Waals surface area contributed by atoms with Crippen molar-refractivity contribution in [3.05, 3.63) is 30.1 Å². The van der Waals surface area contributed by atoms with Gasteiger partial charge in [0.05, 0.1) is 5.52 Å². The number of hydrogen-bond donors (Lipinski definition) is 1. The standard InChI is InChI=1S/C14H14N4O/c15-12-10-2-1-9(5-11(10)16-8-17-12)13(19)18-6-14(7-18)3-4-14/h1-2,5,8H,3-4,6-7H2,(H2,15,16,17). The minimum absolute atomic E-state index is 0.0941. The summed E-state index contributed by atoms with van der Waals surface area (Å²) >= 11 is 0. The van der Waals surface area contributed by atoms with Crippen LogP contribution in [0.4, 0.5) is 5.82 Å². The van der Waals surface area contributed by atoms with E-state index in [9.17, 15) is 4.79 Å². The lowest BCUT2D eigenvalue weighted by atomic mass is 9.95. The van der Waals surface area contributed by atoms with Crippen LogP contribution >= 0.6 is 0 Å². The normalized spacial score (nSPS) is 19.5. The highest BCUT2D eigenvalue weighted by molar-refractivity contribution is 5.99. The van der Waals surface area contributed by atoms with Gasteiger partial charge in [0.1, 0.15) is 12.1 Å². The molecule has 2 heterocycles. The van der Waals surface area contributed by atoms with Crippen LogP contribution in [0.15, 0.2) is 24.5 Å². The maximum absolute atomic E-state index is 12.3. The van der Waals surface area contributed by atoms with E-state index in [1.54, 1.807) is 6.07 Å². The number of carbonyl (C=O) groups is 1. The monoisotopic (exact) mass is 254 g/mol. The van der Waals surface area contributed by atoms with Crippen molar-refractivity contribution in [3.63, 3.8) is 0 Å². The summed E-state index contributed by atoms with van der Waals surface area (Å²) in [6.07, 6.45) is 3.98. The number of nitrogen functional groups attached to an aromatic ring is 1. The number of carbonyl (C=O) groups excluding carboxylic acids is 1. The van der Waals surface area contributed by atoms with Gasteiger partial charge in [-0.1, -0.05) is 0 Å². The van der Waals surface area contributed by atoms with E-state index in [4.69, 9.17) is 5.73 Å². The first-order valence-electron chi connectivity index (χ1n) is 6.46. The summed E-state index contributed by atoms with van der Waals surface area (Å²) in [5.74, 6) is 0.543. The Morgan fingerprint density at radius 3 is 2.79 bits per heavy atom. The molecule has 96 valence electrons. The van der Waals surface area contributed by atoms with Crippen molar-refractivity contribution in [3.8, 4) is 0 Å². The number of anilines is 1. The van der Waals surface area contributed by atoms with E-state index < -0.39 is 0 Å². The predicted octanol–water partition coefficient (Wildman–Crippen LogP) is 1.45. The molecule has 0 atom stereocenters. The molecular weight excluding hydrogens is 240 g/mol. The Balaban J connectivity index is 1.66. The predicted molar refractivity (Wildman–Crippen MR) is 71.5 cm³/mol. The largest absolute Gasteiger partial charge is 0.383 e. The van der Waals surface area contributed by atoms with Crippen LogP contribution in [-0.2, 0) is 0 Å². The molecular formula is C14H14N4O. The van der Waals surface area contributed by atoms with E-state index in [0.717, 1.165) is 24.0 Å². The minimum atomic E-state index is 0.0941. The maximum Gasteiger partial charge on any atom is 0.253 e. The lowest BCUT2D eigenvalue weighted by Crippen LogP contribution is -2.51. The van der Waals surface area contributed by atoms with Gasteiger partial charge in [-0.3, -0.25) is 4.79 Å². The van der Waals surface area contributed by atoms with Crippen LogP contribution in [0.3, 0.4) is 0 Å². The first kappa shape index (κ1) is 10.7. The summed E-state index contributed by atoms with van der Waals surface area (Å²) in [6.45, 7) is 1.82. The Bertz CT molecular complexity index is 685. The van der Waals surface area contributed by atoms with Gasteiger partial charge in [-0.05, 0) is 31.0 Å². The number of benzene rings is 1. The molecule has 2 aliphatic rings. The van der Waals surface area contributed by atoms with Crippen LogP contribution < -0.4 is 5.73 Å². The Labute approximate surface area is 110 Å². The molecule has 0 radical (unpaired) electrons. The van der Waals surface area contributed by atoms with Crippen molar-refractivity contribution in [2.75, 3.05) is 18.8 Å². The molecule has 5 heteroatoms. The van der Waals surface area contributed by atoms with Crippen LogP contribution in [0.2, 0.25) is 0 Å². The number of likely N-dealkylation sites (tertiary alicyclic amines) is 1. The summed E-state index contributed by atoms with van der Waals surface area (Å²) in [7, 11) is 0. The van der Waals surface area contributed by atoms with Crippen LogP contribution in [0.25, 0.3) is 10.9 Å². The maximum atomic E-state index is 12.3. The average molecular weight is 254 g/mol. The molecule has 1 saturated heterocycles. The number of nitrogens with two attached hydrogens (primary N) is 1. The molecule has 1 aromatic carbocycles. The molecule has 2 aromatic rings. The Morgan fingerprint density at radius 2 is 2.05 bits per heavy atom. The highest BCUT2D eigenvalue weighted by Gasteiger charge is 2.53. The lowest BCUT2D eigenvalue weighted by molar-refractivity contribution is 0.0443. The SMILES string of the molecule is Nc1ncnc2cc(C(=O)N3CC4(CC4)C3)ccc12. The number of nitrogens with zero attached hydrogens (tertiary/aromatic N) is 3. The molecule has 2 N–H and O–H groups in total. The van der Waals surface area contributed by atoms with E-state index in [-0.39, 0.29) is 5.91 Å². The zero-order valence-corrected chi connectivity index (χ0v) is 10.5. The summed E-state index contributed by atoms with van der Waals surface area (Å²) in [5.41, 5.74) is 7.67. The van der Waals surface area contributed by atoms with Gasteiger partial charge in [0, 0.05) is 29.5 Å². The lowest BCUT2D eigenvalue weighted by Gasteiger charge is -2.40. The third-order valence-corrected chi connectivity index (χ3v) is 4.21. The van der Waals surface area contributed by atoms with Crippen molar-refractivity contribution in [2.24, 2.45) is 5.41 Å². The van der Waals surface area contributed by atoms with Crippen LogP contribution in [0, 0.1) is 5.41 Å². The number of rotatable bonds is 1. The van der Waals surface area contributed by atoms with Crippen LogP contribution in [-0.4, -0.2) is 33.9 Å². The zero-order chi connectivity index (χ0) is 13.0. The van der Waals surface area contributed by atoms with Gasteiger partial charge in [0.2, 0.25) is 0 Å². The Hall–Kier alpha value is -2.17. The quantitative estimate of drug-likeness (QED) is 0.836. The van der Waals surface area contributed by atoms with E-state index in [2.05, 4.69) is 9.97 Å². The molecule has 0 bridgehead atoms. The number of fused-ring (bicyclic) bond motifs is 1. The summed E-state index contributed by atoms with van der Waals surface area (Å²) in [4.78, 5) is 22.3. The fourth-order valence-corrected chi connectivity index (χ4v) is 2.79. The molecule has 1 aliphatic heterocycles. The van der Waals surface area contributed by atoms with Gasteiger partial charge in [-0.15, -0.1) is 0 Å². The highest BCUT2D eigenvalue weighted by atomic mass is 16.2. The van der Waals surface area contributed by atoms with Crippen molar-refractivity contribution in [1.82, 2.24) is 14.9 Å². The Morgan fingerprint density at radius 1 is 1.26 bits per heavy atom. The molecule has 0 unspecified atom stereocenters. The molecule has 5 nitrogen and oxygen atoms in total. The fraction of sp³-hybridized carbons (Fsp3) is 0.357. The second-order valence-corrected chi connectivity index (χ2v) is 5.65. The van der Waals surface area contributed by atoms with Gasteiger partial charge in [0.25, 0.3) is 5.91 Å². The first-order chi connectivity index (χ1) is 9.17. The van der Waals surface area contributed by atoms with Gasteiger partial charge < -0.3 is 10.6 Å². The van der Waals surface area contributed by atoms with Crippen molar-refractivity contribution in [2.45, 2.75) is 12.8 Å². The number of amides is 1. The third-order valence-electron chi connectivity index (χ3n) is 4.21. The van der Waals surface area contributed by atoms with Crippen molar-refractivity contribution in [1.29, 1.82) is 0 Å². The molecule has 1 saturated carbocycles. The smallest absolute Gasteiger partial charge is 0.253 e. The summed E-state index contributed by atoms with van der Waals surface area (Å²) in [6, 6.07) is 5.43. The molecule has 1 aliphatic carbocycles. The van der Waals surface area contributed by atoms with Gasteiger partial charge >= 0.3 is 0 Å². The molecule has 1 spiro atoms. The number of aromatic nitrogens is 2. The molecule has 1 aromatic heterocycles. The van der Waals surface area contributed by atoms with Gasteiger partial charge in [-0.2, -0.15) is 0 Å². The minimum Gasteiger partial charge on any atom is -0.383 e. The Kier molecular flexibility index (Phi) is 1.94. The van der Waals surface area contributed by atoms with E-state index in [0.29, 0.717) is 16.8 Å². The average Bonchev–Trinajstić information content (AvgIpc) is 3.16. The van der Waals surface area contributed by atoms with Crippen LogP contribution in [0.1, 0.15) is 23.2 Å². The third kappa shape index (κ3) is 1.58. The van der Waals surface area contributed by atoms with Crippen molar-refractivity contribution < 1.29 is 4.79 Å². The zero-order valence-electron chi connectivity index (χ0n) is 10.5. The van der Waals surface area contributed by atoms with E-state index in [1.165, 1.54) is 19.2 Å². The molecule has 19 heavy (non-hydrogen) atoms. The number of hydrogen-bond acceptors (Lipinski definition) is 4. The second-order valence-electron chi connectivity index (χ2n) is 5.65. The van der Waals surface area contributed by atoms with Gasteiger partial charge in [0.15, 0.2) is 0 Å². The summed E-state index contributed by atoms with van der Waals surface area (Å²) in [5, 5.41) is 0.793.